The minimum absolute atomic E-state index is 0.0224. The van der Waals surface area contributed by atoms with Crippen molar-refractivity contribution in [2.45, 2.75) is 36.2 Å². The Kier molecular flexibility index (Phi) is 5.62. The number of nitrogens with zero attached hydrogens (tertiary/aromatic N) is 4. The molecule has 2 aromatic carbocycles. The highest BCUT2D eigenvalue weighted by Crippen LogP contribution is 2.41. The Hall–Kier alpha value is -3.99. The van der Waals surface area contributed by atoms with Crippen molar-refractivity contribution in [3.8, 4) is 0 Å². The van der Waals surface area contributed by atoms with Gasteiger partial charge in [0, 0.05) is 35.6 Å². The molecule has 0 unspecified atom stereocenters. The molecule has 5 rings (SSSR count). The van der Waals surface area contributed by atoms with Gasteiger partial charge in [0.25, 0.3) is 5.69 Å². The van der Waals surface area contributed by atoms with E-state index in [1.54, 1.807) is 41.1 Å². The average molecular weight is 478 g/mol. The van der Waals surface area contributed by atoms with Crippen LogP contribution in [0.2, 0.25) is 0 Å². The first kappa shape index (κ1) is 21.8. The summed E-state index contributed by atoms with van der Waals surface area (Å²) in [5, 5.41) is 28.5. The summed E-state index contributed by atoms with van der Waals surface area (Å²) in [4.78, 5) is 39.1. The lowest BCUT2D eigenvalue weighted by Gasteiger charge is -2.32. The van der Waals surface area contributed by atoms with E-state index in [9.17, 15) is 19.7 Å². The highest BCUT2D eigenvalue weighted by Gasteiger charge is 2.37. The molecule has 0 spiro atoms. The van der Waals surface area contributed by atoms with Crippen LogP contribution in [0.3, 0.4) is 0 Å². The van der Waals surface area contributed by atoms with Crippen LogP contribution in [0.1, 0.15) is 46.8 Å². The summed E-state index contributed by atoms with van der Waals surface area (Å²) in [5.74, 6) is 0.112. The molecule has 0 radical (unpaired) electrons. The summed E-state index contributed by atoms with van der Waals surface area (Å²) >= 11 is 1.40. The van der Waals surface area contributed by atoms with Gasteiger partial charge in [0.15, 0.2) is 5.78 Å². The monoisotopic (exact) mass is 477 g/mol. The van der Waals surface area contributed by atoms with E-state index in [1.165, 1.54) is 23.9 Å². The second-order valence-electron chi connectivity index (χ2n) is 8.00. The molecule has 3 aromatic rings. The highest BCUT2D eigenvalue weighted by atomic mass is 32.2. The number of carboxylic acids is 1. The van der Waals surface area contributed by atoms with Gasteiger partial charge in [-0.05, 0) is 48.2 Å². The topological polar surface area (TPSA) is 140 Å². The number of nitro benzene ring substituents is 1. The minimum atomic E-state index is -0.975. The molecule has 172 valence electrons. The zero-order chi connectivity index (χ0) is 23.8. The third-order valence-corrected chi connectivity index (χ3v) is 6.75. The lowest BCUT2D eigenvalue weighted by atomic mass is 9.85. The SMILES string of the molecule is O=C1CCCC2=C1[C@@H](c1ccc([N+](=O)[O-])cc1)n1nc(SCc3ccc(C(=O)O)cc3)nc1N2. The number of allylic oxidation sites excluding steroid dienone is 2. The van der Waals surface area contributed by atoms with E-state index in [0.717, 1.165) is 29.7 Å². The van der Waals surface area contributed by atoms with Gasteiger partial charge in [-0.1, -0.05) is 23.9 Å². The largest absolute Gasteiger partial charge is 0.478 e. The van der Waals surface area contributed by atoms with Gasteiger partial charge in [-0.3, -0.25) is 14.9 Å². The quantitative estimate of drug-likeness (QED) is 0.303. The van der Waals surface area contributed by atoms with E-state index in [4.69, 9.17) is 5.11 Å². The molecule has 2 N–H and O–H groups in total. The van der Waals surface area contributed by atoms with Crippen LogP contribution >= 0.6 is 11.8 Å². The first-order valence-corrected chi connectivity index (χ1v) is 11.6. The van der Waals surface area contributed by atoms with Crippen molar-refractivity contribution in [3.05, 3.63) is 86.6 Å². The van der Waals surface area contributed by atoms with Gasteiger partial charge in [0.2, 0.25) is 11.1 Å². The lowest BCUT2D eigenvalue weighted by molar-refractivity contribution is -0.384. The molecule has 0 bridgehead atoms. The lowest BCUT2D eigenvalue weighted by Crippen LogP contribution is -2.31. The Bertz CT molecular complexity index is 1330. The number of aromatic nitrogens is 3. The second-order valence-corrected chi connectivity index (χ2v) is 8.94. The number of anilines is 1. The fraction of sp³-hybridized carbons (Fsp3) is 0.217. The first-order chi connectivity index (χ1) is 16.4. The van der Waals surface area contributed by atoms with Crippen LogP contribution in [0.25, 0.3) is 0 Å². The predicted molar refractivity (Wildman–Crippen MR) is 124 cm³/mol. The van der Waals surface area contributed by atoms with Crippen molar-refractivity contribution in [3.63, 3.8) is 0 Å². The number of Topliss-reactive ketones (excluding diaryl/α,β-unsaturated/α-hetero) is 1. The molecule has 10 nitrogen and oxygen atoms in total. The molecule has 2 aliphatic rings. The van der Waals surface area contributed by atoms with E-state index in [-0.39, 0.29) is 17.0 Å². The zero-order valence-corrected chi connectivity index (χ0v) is 18.6. The maximum atomic E-state index is 12.9. The molecular formula is C23H19N5O5S. The Morgan fingerprint density at radius 3 is 2.59 bits per heavy atom. The Morgan fingerprint density at radius 2 is 1.91 bits per heavy atom. The number of benzene rings is 2. The van der Waals surface area contributed by atoms with Crippen LogP contribution < -0.4 is 5.32 Å². The maximum absolute atomic E-state index is 12.9. The van der Waals surface area contributed by atoms with E-state index in [2.05, 4.69) is 15.4 Å². The second kappa shape index (κ2) is 8.75. The number of nitrogens with one attached hydrogen (secondary N) is 1. The summed E-state index contributed by atoms with van der Waals surface area (Å²) in [6.45, 7) is 0. The number of non-ortho nitro benzene ring substituents is 1. The molecule has 2 heterocycles. The van der Waals surface area contributed by atoms with Crippen molar-refractivity contribution < 1.29 is 19.6 Å². The Morgan fingerprint density at radius 1 is 1.18 bits per heavy atom. The van der Waals surface area contributed by atoms with Gasteiger partial charge in [0.05, 0.1) is 10.5 Å². The number of rotatable bonds is 6. The van der Waals surface area contributed by atoms with Crippen LogP contribution in [0.15, 0.2) is 65.0 Å². The van der Waals surface area contributed by atoms with Crippen molar-refractivity contribution in [1.82, 2.24) is 14.8 Å². The van der Waals surface area contributed by atoms with Gasteiger partial charge in [-0.15, -0.1) is 5.10 Å². The number of hydrogen-bond donors (Lipinski definition) is 2. The number of nitro groups is 1. The minimum Gasteiger partial charge on any atom is -0.478 e. The molecule has 11 heteroatoms. The predicted octanol–water partition coefficient (Wildman–Crippen LogP) is 4.20. The number of carboxylic acid groups (broad SMARTS) is 1. The summed E-state index contributed by atoms with van der Waals surface area (Å²) < 4.78 is 1.67. The molecule has 34 heavy (non-hydrogen) atoms. The number of fused-ring (bicyclic) bond motifs is 1. The molecule has 1 aliphatic carbocycles. The smallest absolute Gasteiger partial charge is 0.335 e. The van der Waals surface area contributed by atoms with Crippen LogP contribution in [-0.2, 0) is 10.5 Å². The van der Waals surface area contributed by atoms with Crippen molar-refractivity contribution >= 4 is 35.2 Å². The molecule has 0 saturated heterocycles. The number of ketones is 1. The van der Waals surface area contributed by atoms with Crippen molar-refractivity contribution in [1.29, 1.82) is 0 Å². The van der Waals surface area contributed by atoms with E-state index < -0.39 is 16.9 Å². The van der Waals surface area contributed by atoms with Gasteiger partial charge < -0.3 is 10.4 Å². The van der Waals surface area contributed by atoms with Crippen LogP contribution in [0.5, 0.6) is 0 Å². The summed E-state index contributed by atoms with van der Waals surface area (Å²) in [5.41, 5.74) is 3.29. The van der Waals surface area contributed by atoms with Crippen LogP contribution in [0, 0.1) is 10.1 Å². The standard InChI is InChI=1S/C23H19N5O5S/c29-18-3-1-2-17-19(18)20(14-8-10-16(11-9-14)28(32)33)27-22(24-17)25-23(26-27)34-12-13-4-6-15(7-5-13)21(30)31/h4-11,20H,1-3,12H2,(H,30,31)(H,24,25,26)/t20-/m1/s1. The van der Waals surface area contributed by atoms with E-state index >= 15 is 0 Å². The third kappa shape index (κ3) is 4.05. The number of carbonyl (C=O) groups excluding carboxylic acids is 1. The number of carbonyl (C=O) groups is 2. The van der Waals surface area contributed by atoms with Gasteiger partial charge in [0.1, 0.15) is 6.04 Å². The molecular weight excluding hydrogens is 458 g/mol. The molecule has 0 fully saturated rings. The average Bonchev–Trinajstić information content (AvgIpc) is 3.24. The highest BCUT2D eigenvalue weighted by molar-refractivity contribution is 7.98. The summed E-state index contributed by atoms with van der Waals surface area (Å²) in [7, 11) is 0. The van der Waals surface area contributed by atoms with Crippen molar-refractivity contribution in [2.75, 3.05) is 5.32 Å². The van der Waals surface area contributed by atoms with Crippen LogP contribution in [-0.4, -0.2) is 36.5 Å². The summed E-state index contributed by atoms with van der Waals surface area (Å²) in [6, 6.07) is 12.3. The third-order valence-electron chi connectivity index (χ3n) is 5.84. The molecule has 1 aliphatic heterocycles. The normalized spacial score (nSPS) is 17.1. The summed E-state index contributed by atoms with van der Waals surface area (Å²) in [6.07, 6.45) is 1.91. The number of thioether (sulfide) groups is 1. The fourth-order valence-corrected chi connectivity index (χ4v) is 4.96. The molecule has 1 aromatic heterocycles. The zero-order valence-electron chi connectivity index (χ0n) is 17.8. The number of hydrogen-bond acceptors (Lipinski definition) is 8. The molecule has 1 atom stereocenters. The van der Waals surface area contributed by atoms with Gasteiger partial charge in [-0.2, -0.15) is 4.98 Å². The number of aromatic carboxylic acids is 1. The fourth-order valence-electron chi connectivity index (χ4n) is 4.18. The Labute approximate surface area is 197 Å². The van der Waals surface area contributed by atoms with Gasteiger partial charge in [-0.25, -0.2) is 9.48 Å². The molecule has 0 amide bonds. The van der Waals surface area contributed by atoms with E-state index in [0.29, 0.717) is 28.9 Å². The Balaban J connectivity index is 1.45. The maximum Gasteiger partial charge on any atom is 0.335 e. The molecule has 0 saturated carbocycles. The van der Waals surface area contributed by atoms with Crippen LogP contribution in [0.4, 0.5) is 11.6 Å². The van der Waals surface area contributed by atoms with Crippen molar-refractivity contribution in [2.24, 2.45) is 0 Å². The van der Waals surface area contributed by atoms with Gasteiger partial charge >= 0.3 is 5.97 Å². The first-order valence-electron chi connectivity index (χ1n) is 10.6. The van der Waals surface area contributed by atoms with E-state index in [1.807, 2.05) is 0 Å².